The van der Waals surface area contributed by atoms with Gasteiger partial charge in [0.05, 0.1) is 0 Å². The van der Waals surface area contributed by atoms with Crippen LogP contribution in [0.15, 0.2) is 0 Å². The van der Waals surface area contributed by atoms with Crippen molar-refractivity contribution in [3.05, 3.63) is 0 Å². The second-order valence-electron chi connectivity index (χ2n) is 5.25. The minimum Gasteiger partial charge on any atom is -0.396 e. The SMILES string of the molecule is CC(CC(=O)NCCCCO)C(C)(C)C. The highest BCUT2D eigenvalue weighted by atomic mass is 16.2. The first-order valence-corrected chi connectivity index (χ1v) is 5.75. The molecule has 3 heteroatoms. The lowest BCUT2D eigenvalue weighted by Gasteiger charge is -2.26. The Morgan fingerprint density at radius 2 is 1.93 bits per heavy atom. The van der Waals surface area contributed by atoms with Crippen LogP contribution in [0, 0.1) is 11.3 Å². The molecule has 1 amide bonds. The van der Waals surface area contributed by atoms with Gasteiger partial charge in [-0.15, -0.1) is 0 Å². The molecule has 0 radical (unpaired) electrons. The molecule has 0 aromatic rings. The molecule has 0 fully saturated rings. The third-order valence-corrected chi connectivity index (χ3v) is 2.88. The fourth-order valence-electron chi connectivity index (χ4n) is 1.12. The van der Waals surface area contributed by atoms with E-state index in [0.29, 0.717) is 18.9 Å². The van der Waals surface area contributed by atoms with E-state index in [0.717, 1.165) is 12.8 Å². The molecule has 1 unspecified atom stereocenters. The second-order valence-corrected chi connectivity index (χ2v) is 5.25. The predicted molar refractivity (Wildman–Crippen MR) is 62.6 cm³/mol. The summed E-state index contributed by atoms with van der Waals surface area (Å²) in [6, 6.07) is 0. The molecule has 0 bridgehead atoms. The topological polar surface area (TPSA) is 49.3 Å². The predicted octanol–water partition coefficient (Wildman–Crippen LogP) is 1.95. The van der Waals surface area contributed by atoms with Crippen molar-refractivity contribution >= 4 is 5.91 Å². The van der Waals surface area contributed by atoms with Gasteiger partial charge in [-0.3, -0.25) is 4.79 Å². The molecule has 0 aromatic carbocycles. The van der Waals surface area contributed by atoms with Crippen molar-refractivity contribution in [2.75, 3.05) is 13.2 Å². The standard InChI is InChI=1S/C12H25NO2/c1-10(12(2,3)4)9-11(15)13-7-5-6-8-14/h10,14H,5-9H2,1-4H3,(H,13,15). The number of amides is 1. The number of hydrogen-bond acceptors (Lipinski definition) is 2. The summed E-state index contributed by atoms with van der Waals surface area (Å²) in [5, 5.41) is 11.4. The maximum atomic E-state index is 11.5. The van der Waals surface area contributed by atoms with Crippen LogP contribution in [-0.4, -0.2) is 24.2 Å². The fourth-order valence-corrected chi connectivity index (χ4v) is 1.12. The van der Waals surface area contributed by atoms with Crippen LogP contribution >= 0.6 is 0 Å². The Kier molecular flexibility index (Phi) is 6.57. The molecule has 0 rings (SSSR count). The zero-order chi connectivity index (χ0) is 11.9. The Labute approximate surface area is 93.3 Å². The Morgan fingerprint density at radius 1 is 1.33 bits per heavy atom. The highest BCUT2D eigenvalue weighted by Crippen LogP contribution is 2.27. The monoisotopic (exact) mass is 215 g/mol. The van der Waals surface area contributed by atoms with Crippen molar-refractivity contribution in [1.29, 1.82) is 0 Å². The van der Waals surface area contributed by atoms with Crippen LogP contribution < -0.4 is 5.32 Å². The van der Waals surface area contributed by atoms with Crippen LogP contribution in [0.2, 0.25) is 0 Å². The smallest absolute Gasteiger partial charge is 0.220 e. The van der Waals surface area contributed by atoms with Gasteiger partial charge in [-0.25, -0.2) is 0 Å². The van der Waals surface area contributed by atoms with Gasteiger partial charge >= 0.3 is 0 Å². The molecule has 0 heterocycles. The normalized spacial score (nSPS) is 13.7. The van der Waals surface area contributed by atoms with Gasteiger partial charge in [-0.2, -0.15) is 0 Å². The van der Waals surface area contributed by atoms with Crippen molar-refractivity contribution in [2.45, 2.75) is 47.0 Å². The quantitative estimate of drug-likeness (QED) is 0.665. The van der Waals surface area contributed by atoms with Crippen molar-refractivity contribution in [1.82, 2.24) is 5.32 Å². The molecule has 0 spiro atoms. The van der Waals surface area contributed by atoms with E-state index in [4.69, 9.17) is 5.11 Å². The average molecular weight is 215 g/mol. The highest BCUT2D eigenvalue weighted by Gasteiger charge is 2.22. The van der Waals surface area contributed by atoms with E-state index >= 15 is 0 Å². The number of hydrogen-bond donors (Lipinski definition) is 2. The number of nitrogens with one attached hydrogen (secondary N) is 1. The maximum Gasteiger partial charge on any atom is 0.220 e. The van der Waals surface area contributed by atoms with Crippen LogP contribution in [0.3, 0.4) is 0 Å². The van der Waals surface area contributed by atoms with Crippen LogP contribution in [-0.2, 0) is 4.79 Å². The summed E-state index contributed by atoms with van der Waals surface area (Å²) in [6.07, 6.45) is 2.20. The summed E-state index contributed by atoms with van der Waals surface area (Å²) >= 11 is 0. The summed E-state index contributed by atoms with van der Waals surface area (Å²) < 4.78 is 0. The van der Waals surface area contributed by atoms with Crippen LogP contribution in [0.4, 0.5) is 0 Å². The molecule has 1 atom stereocenters. The Balaban J connectivity index is 3.65. The summed E-state index contributed by atoms with van der Waals surface area (Å²) in [4.78, 5) is 11.5. The van der Waals surface area contributed by atoms with Crippen molar-refractivity contribution < 1.29 is 9.90 Å². The lowest BCUT2D eigenvalue weighted by Crippen LogP contribution is -2.29. The lowest BCUT2D eigenvalue weighted by molar-refractivity contribution is -0.122. The highest BCUT2D eigenvalue weighted by molar-refractivity contribution is 5.76. The molecule has 0 aliphatic heterocycles. The van der Waals surface area contributed by atoms with Crippen molar-refractivity contribution in [3.63, 3.8) is 0 Å². The van der Waals surface area contributed by atoms with Crippen molar-refractivity contribution in [3.8, 4) is 0 Å². The van der Waals surface area contributed by atoms with Crippen LogP contribution in [0.1, 0.15) is 47.0 Å². The summed E-state index contributed by atoms with van der Waals surface area (Å²) in [5.74, 6) is 0.505. The molecule has 0 saturated heterocycles. The van der Waals surface area contributed by atoms with E-state index in [1.807, 2.05) is 0 Å². The van der Waals surface area contributed by atoms with Gasteiger partial charge in [-0.1, -0.05) is 27.7 Å². The molecule has 0 aliphatic carbocycles. The van der Waals surface area contributed by atoms with E-state index in [1.54, 1.807) is 0 Å². The summed E-state index contributed by atoms with van der Waals surface area (Å²) in [5.41, 5.74) is 0.183. The van der Waals surface area contributed by atoms with E-state index < -0.39 is 0 Å². The number of carbonyl (C=O) groups is 1. The first-order chi connectivity index (χ1) is 6.88. The van der Waals surface area contributed by atoms with E-state index in [9.17, 15) is 4.79 Å². The van der Waals surface area contributed by atoms with Gasteiger partial charge in [0.25, 0.3) is 0 Å². The minimum absolute atomic E-state index is 0.121. The zero-order valence-corrected chi connectivity index (χ0v) is 10.5. The first kappa shape index (κ1) is 14.4. The van der Waals surface area contributed by atoms with E-state index in [-0.39, 0.29) is 17.9 Å². The second kappa shape index (κ2) is 6.83. The Hall–Kier alpha value is -0.570. The molecule has 0 aromatic heterocycles. The minimum atomic E-state index is 0.121. The van der Waals surface area contributed by atoms with Gasteiger partial charge in [0.2, 0.25) is 5.91 Å². The third kappa shape index (κ3) is 7.37. The first-order valence-electron chi connectivity index (χ1n) is 5.75. The number of unbranched alkanes of at least 4 members (excludes halogenated alkanes) is 1. The van der Waals surface area contributed by atoms with Gasteiger partial charge in [0, 0.05) is 19.6 Å². The van der Waals surface area contributed by atoms with E-state index in [1.165, 1.54) is 0 Å². The number of carbonyl (C=O) groups excluding carboxylic acids is 1. The third-order valence-electron chi connectivity index (χ3n) is 2.88. The van der Waals surface area contributed by atoms with Crippen molar-refractivity contribution in [2.24, 2.45) is 11.3 Å². The van der Waals surface area contributed by atoms with Gasteiger partial charge in [0.1, 0.15) is 0 Å². The average Bonchev–Trinajstić information content (AvgIpc) is 2.11. The van der Waals surface area contributed by atoms with E-state index in [2.05, 4.69) is 33.0 Å². The summed E-state index contributed by atoms with van der Waals surface area (Å²) in [7, 11) is 0. The largest absolute Gasteiger partial charge is 0.396 e. The molecule has 15 heavy (non-hydrogen) atoms. The van der Waals surface area contributed by atoms with Gasteiger partial charge in [-0.05, 0) is 24.2 Å². The van der Waals surface area contributed by atoms with Crippen LogP contribution in [0.25, 0.3) is 0 Å². The fraction of sp³-hybridized carbons (Fsp3) is 0.917. The lowest BCUT2D eigenvalue weighted by atomic mass is 9.80. The maximum absolute atomic E-state index is 11.5. The van der Waals surface area contributed by atoms with Gasteiger partial charge in [0.15, 0.2) is 0 Å². The molecule has 0 aliphatic rings. The molecule has 90 valence electrons. The molecular formula is C12H25NO2. The number of aliphatic hydroxyl groups excluding tert-OH is 1. The number of aliphatic hydroxyl groups is 1. The summed E-state index contributed by atoms with van der Waals surface area (Å²) in [6.45, 7) is 9.43. The Morgan fingerprint density at radius 3 is 2.40 bits per heavy atom. The molecule has 2 N–H and O–H groups in total. The van der Waals surface area contributed by atoms with Crippen LogP contribution in [0.5, 0.6) is 0 Å². The molecule has 0 saturated carbocycles. The Bertz CT molecular complexity index is 185. The number of rotatable bonds is 6. The zero-order valence-electron chi connectivity index (χ0n) is 10.5. The molecule has 3 nitrogen and oxygen atoms in total. The van der Waals surface area contributed by atoms with Gasteiger partial charge < -0.3 is 10.4 Å². The molecular weight excluding hydrogens is 190 g/mol.